The Kier molecular flexibility index (Phi) is 13.4. The number of hydrogen-bond acceptors (Lipinski definition) is 4. The summed E-state index contributed by atoms with van der Waals surface area (Å²) in [6.07, 6.45) is 10.0. The molecule has 0 aromatic rings. The largest absolute Gasteiger partial charge is 0.338 e. The Morgan fingerprint density at radius 3 is 1.76 bits per heavy atom. The molecule has 0 saturated heterocycles. The SMILES string of the molecule is CCCCCCCCCCC(=O)CP(=O)(OCC)OCC. The van der Waals surface area contributed by atoms with Crippen LogP contribution in [0.3, 0.4) is 0 Å². The number of unbranched alkanes of at least 4 members (excludes halogenated alkanes) is 7. The Bertz CT molecular complexity index is 295. The van der Waals surface area contributed by atoms with Crippen LogP contribution in [-0.2, 0) is 18.4 Å². The lowest BCUT2D eigenvalue weighted by Gasteiger charge is -2.16. The Balaban J connectivity index is 3.71. The lowest BCUT2D eigenvalue weighted by Crippen LogP contribution is -2.09. The van der Waals surface area contributed by atoms with E-state index in [0.717, 1.165) is 12.8 Å². The number of Topliss-reactive ketones (excluding diaryl/α,β-unsaturated/α-hetero) is 1. The van der Waals surface area contributed by atoms with Crippen molar-refractivity contribution in [2.75, 3.05) is 19.4 Å². The normalized spacial score (nSPS) is 11.8. The van der Waals surface area contributed by atoms with Crippen molar-refractivity contribution in [3.05, 3.63) is 0 Å². The Hall–Kier alpha value is -0.180. The van der Waals surface area contributed by atoms with Crippen LogP contribution in [-0.4, -0.2) is 25.2 Å². The van der Waals surface area contributed by atoms with Gasteiger partial charge in [-0.2, -0.15) is 0 Å². The van der Waals surface area contributed by atoms with Crippen LogP contribution in [0.1, 0.15) is 78.6 Å². The van der Waals surface area contributed by atoms with Gasteiger partial charge in [0.1, 0.15) is 11.9 Å². The summed E-state index contributed by atoms with van der Waals surface area (Å²) in [6, 6.07) is 0. The second-order valence-electron chi connectivity index (χ2n) is 5.37. The van der Waals surface area contributed by atoms with Gasteiger partial charge in [0.25, 0.3) is 0 Å². The van der Waals surface area contributed by atoms with Crippen LogP contribution in [0.2, 0.25) is 0 Å². The number of carbonyl (C=O) groups is 1. The minimum Gasteiger partial charge on any atom is -0.309 e. The fourth-order valence-electron chi connectivity index (χ4n) is 2.27. The van der Waals surface area contributed by atoms with Gasteiger partial charge in [-0.1, -0.05) is 51.9 Å². The standard InChI is InChI=1S/C16H33O4P/c1-4-7-8-9-10-11-12-13-14-16(17)15-21(18,19-5-2)20-6-3/h4-15H2,1-3H3. The molecule has 4 nitrogen and oxygen atoms in total. The van der Waals surface area contributed by atoms with E-state index in [0.29, 0.717) is 19.6 Å². The second-order valence-corrected chi connectivity index (χ2v) is 7.42. The molecule has 0 spiro atoms. The van der Waals surface area contributed by atoms with Crippen LogP contribution in [0.4, 0.5) is 0 Å². The molecule has 0 aliphatic carbocycles. The maximum Gasteiger partial charge on any atom is 0.338 e. The quantitative estimate of drug-likeness (QED) is 0.301. The third kappa shape index (κ3) is 12.1. The zero-order valence-corrected chi connectivity index (χ0v) is 15.0. The first-order valence-electron chi connectivity index (χ1n) is 8.47. The fourth-order valence-corrected chi connectivity index (χ4v) is 3.91. The molecular formula is C16H33O4P. The van der Waals surface area contributed by atoms with Gasteiger partial charge in [0.15, 0.2) is 0 Å². The molecule has 5 heteroatoms. The molecule has 0 aliphatic rings. The third-order valence-corrected chi connectivity index (χ3v) is 5.37. The van der Waals surface area contributed by atoms with Crippen molar-refractivity contribution in [3.8, 4) is 0 Å². The van der Waals surface area contributed by atoms with Gasteiger partial charge in [0.05, 0.1) is 13.2 Å². The molecule has 0 atom stereocenters. The lowest BCUT2D eigenvalue weighted by atomic mass is 10.1. The maximum absolute atomic E-state index is 12.2. The van der Waals surface area contributed by atoms with Crippen molar-refractivity contribution in [3.63, 3.8) is 0 Å². The first kappa shape index (κ1) is 20.8. The molecule has 0 fully saturated rings. The molecule has 0 heterocycles. The van der Waals surface area contributed by atoms with Gasteiger partial charge in [-0.25, -0.2) is 0 Å². The van der Waals surface area contributed by atoms with Gasteiger partial charge in [-0.3, -0.25) is 9.36 Å². The molecule has 126 valence electrons. The molecular weight excluding hydrogens is 287 g/mol. The maximum atomic E-state index is 12.2. The Morgan fingerprint density at radius 2 is 1.29 bits per heavy atom. The van der Waals surface area contributed by atoms with E-state index in [4.69, 9.17) is 9.05 Å². The Labute approximate surface area is 130 Å². The van der Waals surface area contributed by atoms with Gasteiger partial charge in [-0.05, 0) is 20.3 Å². The van der Waals surface area contributed by atoms with E-state index in [1.54, 1.807) is 13.8 Å². The summed E-state index contributed by atoms with van der Waals surface area (Å²) in [6.45, 7) is 6.35. The topological polar surface area (TPSA) is 52.6 Å². The molecule has 0 radical (unpaired) electrons. The van der Waals surface area contributed by atoms with E-state index in [1.807, 2.05) is 0 Å². The van der Waals surface area contributed by atoms with Gasteiger partial charge in [-0.15, -0.1) is 0 Å². The molecule has 0 unspecified atom stereocenters. The van der Waals surface area contributed by atoms with Gasteiger partial charge in [0.2, 0.25) is 0 Å². The van der Waals surface area contributed by atoms with Crippen LogP contribution in [0, 0.1) is 0 Å². The fraction of sp³-hybridized carbons (Fsp3) is 0.938. The lowest BCUT2D eigenvalue weighted by molar-refractivity contribution is -0.117. The van der Waals surface area contributed by atoms with Gasteiger partial charge >= 0.3 is 7.60 Å². The van der Waals surface area contributed by atoms with E-state index in [9.17, 15) is 9.36 Å². The zero-order valence-electron chi connectivity index (χ0n) is 14.1. The smallest absolute Gasteiger partial charge is 0.309 e. The number of ketones is 1. The molecule has 0 N–H and O–H groups in total. The van der Waals surface area contributed by atoms with Crippen molar-refractivity contribution < 1.29 is 18.4 Å². The zero-order chi connectivity index (χ0) is 16.0. The number of carbonyl (C=O) groups excluding carboxylic acids is 1. The average Bonchev–Trinajstić information content (AvgIpc) is 2.42. The summed E-state index contributed by atoms with van der Waals surface area (Å²) in [5.74, 6) is -0.00813. The minimum absolute atomic E-state index is 0.00813. The highest BCUT2D eigenvalue weighted by molar-refractivity contribution is 7.54. The highest BCUT2D eigenvalue weighted by Crippen LogP contribution is 2.48. The predicted molar refractivity (Wildman–Crippen MR) is 88.0 cm³/mol. The predicted octanol–water partition coefficient (Wildman–Crippen LogP) is 5.35. The molecule has 0 rings (SSSR count). The average molecular weight is 320 g/mol. The van der Waals surface area contributed by atoms with Crippen molar-refractivity contribution in [1.82, 2.24) is 0 Å². The summed E-state index contributed by atoms with van der Waals surface area (Å²) in [5.41, 5.74) is 0. The molecule has 0 amide bonds. The minimum atomic E-state index is -3.20. The van der Waals surface area contributed by atoms with Crippen molar-refractivity contribution >= 4 is 13.4 Å². The highest BCUT2D eigenvalue weighted by Gasteiger charge is 2.26. The molecule has 0 aromatic carbocycles. The molecule has 0 saturated carbocycles. The van der Waals surface area contributed by atoms with Crippen molar-refractivity contribution in [2.45, 2.75) is 78.6 Å². The van der Waals surface area contributed by atoms with E-state index < -0.39 is 7.60 Å². The summed E-state index contributed by atoms with van der Waals surface area (Å²) in [7, 11) is -3.20. The summed E-state index contributed by atoms with van der Waals surface area (Å²) < 4.78 is 22.5. The monoisotopic (exact) mass is 320 g/mol. The molecule has 0 aliphatic heterocycles. The Morgan fingerprint density at radius 1 is 0.810 bits per heavy atom. The van der Waals surface area contributed by atoms with E-state index in [2.05, 4.69) is 6.92 Å². The highest BCUT2D eigenvalue weighted by atomic mass is 31.2. The molecule has 0 bridgehead atoms. The third-order valence-electron chi connectivity index (χ3n) is 3.33. The van der Waals surface area contributed by atoms with Gasteiger partial charge < -0.3 is 9.05 Å². The van der Waals surface area contributed by atoms with E-state index in [-0.39, 0.29) is 11.9 Å². The van der Waals surface area contributed by atoms with Gasteiger partial charge in [0, 0.05) is 6.42 Å². The first-order valence-corrected chi connectivity index (χ1v) is 10.2. The summed E-state index contributed by atoms with van der Waals surface area (Å²) in [4.78, 5) is 11.9. The van der Waals surface area contributed by atoms with Crippen molar-refractivity contribution in [1.29, 1.82) is 0 Å². The summed E-state index contributed by atoms with van der Waals surface area (Å²) in [5, 5.41) is 0. The van der Waals surface area contributed by atoms with Crippen LogP contribution < -0.4 is 0 Å². The van der Waals surface area contributed by atoms with Crippen LogP contribution in [0.25, 0.3) is 0 Å². The van der Waals surface area contributed by atoms with Crippen LogP contribution in [0.15, 0.2) is 0 Å². The van der Waals surface area contributed by atoms with Crippen LogP contribution in [0.5, 0.6) is 0 Å². The molecule has 0 aromatic heterocycles. The number of hydrogen-bond donors (Lipinski definition) is 0. The second kappa shape index (κ2) is 13.5. The van der Waals surface area contributed by atoms with Crippen LogP contribution >= 0.6 is 7.60 Å². The molecule has 21 heavy (non-hydrogen) atoms. The van der Waals surface area contributed by atoms with Crippen molar-refractivity contribution in [2.24, 2.45) is 0 Å². The number of rotatable bonds is 15. The first-order chi connectivity index (χ1) is 10.1. The van der Waals surface area contributed by atoms with E-state index >= 15 is 0 Å². The summed E-state index contributed by atoms with van der Waals surface area (Å²) >= 11 is 0. The van der Waals surface area contributed by atoms with E-state index in [1.165, 1.54) is 38.5 Å².